The largest absolute Gasteiger partial charge is 0.354 e. The molecule has 0 radical (unpaired) electrons. The van der Waals surface area contributed by atoms with Crippen LogP contribution >= 0.6 is 11.3 Å². The van der Waals surface area contributed by atoms with Crippen molar-refractivity contribution in [3.05, 3.63) is 46.4 Å². The van der Waals surface area contributed by atoms with Crippen LogP contribution in [0.1, 0.15) is 34.8 Å². The predicted molar refractivity (Wildman–Crippen MR) is 90.9 cm³/mol. The maximum absolute atomic E-state index is 12.6. The van der Waals surface area contributed by atoms with Gasteiger partial charge in [0, 0.05) is 32.4 Å². The number of aryl methyl sites for hydroxylation is 1. The number of piperidine rings is 1. The molecule has 0 N–H and O–H groups in total. The lowest BCUT2D eigenvalue weighted by Gasteiger charge is -2.31. The zero-order valence-corrected chi connectivity index (χ0v) is 14.2. The Bertz CT molecular complexity index is 829. The Labute approximate surface area is 143 Å². The summed E-state index contributed by atoms with van der Waals surface area (Å²) in [6.45, 7) is 1.51. The van der Waals surface area contributed by atoms with Crippen LogP contribution in [0.2, 0.25) is 0 Å². The Kier molecular flexibility index (Phi) is 3.93. The molecule has 24 heavy (non-hydrogen) atoms. The van der Waals surface area contributed by atoms with Crippen molar-refractivity contribution < 1.29 is 9.32 Å². The van der Waals surface area contributed by atoms with Crippen molar-refractivity contribution >= 4 is 17.2 Å². The number of nitrogens with zero attached hydrogens (tertiary/aromatic N) is 4. The summed E-state index contributed by atoms with van der Waals surface area (Å²) in [5, 5.41) is 12.5. The molecule has 0 unspecified atom stereocenters. The highest BCUT2D eigenvalue weighted by Crippen LogP contribution is 2.30. The van der Waals surface area contributed by atoms with Gasteiger partial charge >= 0.3 is 0 Å². The highest BCUT2D eigenvalue weighted by Gasteiger charge is 2.26. The first-order valence-corrected chi connectivity index (χ1v) is 8.93. The fraction of sp³-hybridized carbons (Fsp3) is 0.353. The van der Waals surface area contributed by atoms with E-state index in [4.69, 9.17) is 4.52 Å². The van der Waals surface area contributed by atoms with Gasteiger partial charge in [-0.05, 0) is 47.2 Å². The molecule has 124 valence electrons. The Morgan fingerprint density at radius 2 is 2.17 bits per heavy atom. The van der Waals surface area contributed by atoms with Gasteiger partial charge in [-0.3, -0.25) is 9.48 Å². The highest BCUT2D eigenvalue weighted by molar-refractivity contribution is 7.07. The number of aromatic nitrogens is 3. The summed E-state index contributed by atoms with van der Waals surface area (Å²) in [7, 11) is 1.84. The van der Waals surface area contributed by atoms with E-state index in [0.29, 0.717) is 23.1 Å². The minimum Gasteiger partial charge on any atom is -0.354 e. The van der Waals surface area contributed by atoms with Crippen LogP contribution < -0.4 is 0 Å². The molecule has 0 aliphatic carbocycles. The molecule has 0 saturated carbocycles. The normalized spacial score (nSPS) is 15.8. The van der Waals surface area contributed by atoms with Crippen molar-refractivity contribution in [2.75, 3.05) is 13.1 Å². The molecule has 4 heterocycles. The van der Waals surface area contributed by atoms with Gasteiger partial charge < -0.3 is 9.42 Å². The van der Waals surface area contributed by atoms with Gasteiger partial charge in [0.1, 0.15) is 5.69 Å². The molecule has 1 aliphatic rings. The highest BCUT2D eigenvalue weighted by atomic mass is 32.1. The fourth-order valence-corrected chi connectivity index (χ4v) is 3.87. The molecule has 7 heteroatoms. The summed E-state index contributed by atoms with van der Waals surface area (Å²) in [5.74, 6) is 1.01. The third-order valence-electron chi connectivity index (χ3n) is 4.49. The summed E-state index contributed by atoms with van der Waals surface area (Å²) in [5.41, 5.74) is 2.43. The topological polar surface area (TPSA) is 64.2 Å². The molecule has 6 nitrogen and oxygen atoms in total. The van der Waals surface area contributed by atoms with Gasteiger partial charge in [0.2, 0.25) is 0 Å². The third kappa shape index (κ3) is 2.87. The maximum atomic E-state index is 12.6. The first-order valence-electron chi connectivity index (χ1n) is 7.99. The van der Waals surface area contributed by atoms with E-state index in [9.17, 15) is 4.79 Å². The van der Waals surface area contributed by atoms with E-state index in [0.717, 1.165) is 25.9 Å². The smallest absolute Gasteiger partial charge is 0.276 e. The quantitative estimate of drug-likeness (QED) is 0.733. The molecular weight excluding hydrogens is 324 g/mol. The Morgan fingerprint density at radius 3 is 2.83 bits per heavy atom. The number of amides is 1. The molecule has 0 bridgehead atoms. The van der Waals surface area contributed by atoms with Crippen LogP contribution in [0, 0.1) is 0 Å². The molecule has 1 amide bonds. The number of carbonyl (C=O) groups is 1. The monoisotopic (exact) mass is 342 g/mol. The van der Waals surface area contributed by atoms with E-state index in [1.807, 2.05) is 24.2 Å². The molecular formula is C17H18N4O2S. The number of likely N-dealkylation sites (tertiary alicyclic amines) is 1. The van der Waals surface area contributed by atoms with Crippen molar-refractivity contribution in [2.45, 2.75) is 18.8 Å². The van der Waals surface area contributed by atoms with Gasteiger partial charge in [-0.25, -0.2) is 0 Å². The summed E-state index contributed by atoms with van der Waals surface area (Å²) in [4.78, 5) is 14.5. The first-order chi connectivity index (χ1) is 11.7. The van der Waals surface area contributed by atoms with Gasteiger partial charge in [-0.1, -0.05) is 5.16 Å². The van der Waals surface area contributed by atoms with Crippen LogP contribution in [0.4, 0.5) is 0 Å². The molecule has 0 atom stereocenters. The average molecular weight is 342 g/mol. The van der Waals surface area contributed by atoms with E-state index in [1.54, 1.807) is 22.1 Å². The van der Waals surface area contributed by atoms with E-state index >= 15 is 0 Å². The van der Waals surface area contributed by atoms with E-state index in [1.165, 1.54) is 5.56 Å². The lowest BCUT2D eigenvalue weighted by molar-refractivity contribution is 0.0702. The maximum Gasteiger partial charge on any atom is 0.276 e. The van der Waals surface area contributed by atoms with Crippen molar-refractivity contribution in [1.29, 1.82) is 0 Å². The number of rotatable bonds is 3. The number of hydrogen-bond donors (Lipinski definition) is 0. The second kappa shape index (κ2) is 6.24. The lowest BCUT2D eigenvalue weighted by atomic mass is 9.91. The summed E-state index contributed by atoms with van der Waals surface area (Å²) in [6.07, 6.45) is 3.81. The first kappa shape index (κ1) is 15.1. The SMILES string of the molecule is Cn1ccc(-c2cc(C(=O)N3CCC(c4ccsc4)CC3)no2)n1. The van der Waals surface area contributed by atoms with Gasteiger partial charge in [0.15, 0.2) is 11.5 Å². The van der Waals surface area contributed by atoms with Crippen LogP contribution in [0.25, 0.3) is 11.5 Å². The molecule has 0 aromatic carbocycles. The molecule has 1 aliphatic heterocycles. The Morgan fingerprint density at radius 1 is 1.33 bits per heavy atom. The third-order valence-corrected chi connectivity index (χ3v) is 5.19. The zero-order chi connectivity index (χ0) is 16.5. The predicted octanol–water partition coefficient (Wildman–Crippen LogP) is 3.16. The van der Waals surface area contributed by atoms with Gasteiger partial charge in [0.05, 0.1) is 0 Å². The lowest BCUT2D eigenvalue weighted by Crippen LogP contribution is -2.38. The van der Waals surface area contributed by atoms with Crippen LogP contribution in [0.15, 0.2) is 39.7 Å². The minimum absolute atomic E-state index is 0.0651. The van der Waals surface area contributed by atoms with Gasteiger partial charge in [-0.2, -0.15) is 16.4 Å². The second-order valence-corrected chi connectivity index (χ2v) is 6.85. The second-order valence-electron chi connectivity index (χ2n) is 6.07. The number of hydrogen-bond acceptors (Lipinski definition) is 5. The van der Waals surface area contributed by atoms with Crippen LogP contribution in [0.5, 0.6) is 0 Å². The molecule has 3 aromatic rings. The number of carbonyl (C=O) groups excluding carboxylic acids is 1. The fourth-order valence-electron chi connectivity index (χ4n) is 3.13. The molecule has 1 fully saturated rings. The van der Waals surface area contributed by atoms with Crippen molar-refractivity contribution in [3.8, 4) is 11.5 Å². The van der Waals surface area contributed by atoms with Gasteiger partial charge in [-0.15, -0.1) is 0 Å². The number of thiophene rings is 1. The summed E-state index contributed by atoms with van der Waals surface area (Å²) < 4.78 is 6.97. The van der Waals surface area contributed by atoms with Crippen LogP contribution in [-0.2, 0) is 7.05 Å². The molecule has 1 saturated heterocycles. The van der Waals surface area contributed by atoms with Crippen molar-refractivity contribution in [3.63, 3.8) is 0 Å². The molecule has 3 aromatic heterocycles. The van der Waals surface area contributed by atoms with E-state index in [2.05, 4.69) is 27.1 Å². The zero-order valence-electron chi connectivity index (χ0n) is 13.4. The van der Waals surface area contributed by atoms with Crippen LogP contribution in [0.3, 0.4) is 0 Å². The average Bonchev–Trinajstić information content (AvgIpc) is 3.35. The minimum atomic E-state index is -0.0651. The molecule has 0 spiro atoms. The van der Waals surface area contributed by atoms with Gasteiger partial charge in [0.25, 0.3) is 5.91 Å². The molecule has 4 rings (SSSR count). The van der Waals surface area contributed by atoms with E-state index in [-0.39, 0.29) is 5.91 Å². The summed E-state index contributed by atoms with van der Waals surface area (Å²) in [6, 6.07) is 5.69. The summed E-state index contributed by atoms with van der Waals surface area (Å²) >= 11 is 1.73. The van der Waals surface area contributed by atoms with E-state index < -0.39 is 0 Å². The Balaban J connectivity index is 1.42. The van der Waals surface area contributed by atoms with Crippen LogP contribution in [-0.4, -0.2) is 38.8 Å². The Hall–Kier alpha value is -2.41. The van der Waals surface area contributed by atoms with Crippen molar-refractivity contribution in [1.82, 2.24) is 19.8 Å². The standard InChI is InChI=1S/C17H18N4O2S/c1-20-6-4-14(18-20)16-10-15(19-23-16)17(22)21-7-2-12(3-8-21)13-5-9-24-11-13/h4-6,9-12H,2-3,7-8H2,1H3. The van der Waals surface area contributed by atoms with Crippen molar-refractivity contribution in [2.24, 2.45) is 7.05 Å².